The molecule has 3 rings (SSSR count). The van der Waals surface area contributed by atoms with E-state index >= 15 is 0 Å². The highest BCUT2D eigenvalue weighted by Crippen LogP contribution is 2.25. The molecule has 0 saturated carbocycles. The Labute approximate surface area is 145 Å². The van der Waals surface area contributed by atoms with Crippen LogP contribution in [0.25, 0.3) is 16.9 Å². The molecule has 126 valence electrons. The number of ether oxygens (including phenoxy) is 1. The third kappa shape index (κ3) is 3.84. The van der Waals surface area contributed by atoms with E-state index in [1.807, 2.05) is 60.8 Å². The van der Waals surface area contributed by atoms with Crippen LogP contribution in [0.4, 0.5) is 0 Å². The maximum absolute atomic E-state index is 5.31. The van der Waals surface area contributed by atoms with Crippen LogP contribution in [0.3, 0.4) is 0 Å². The van der Waals surface area contributed by atoms with E-state index in [-0.39, 0.29) is 5.96 Å². The van der Waals surface area contributed by atoms with Gasteiger partial charge in [0.15, 0.2) is 0 Å². The molecule has 0 fully saturated rings. The maximum atomic E-state index is 5.31. The van der Waals surface area contributed by atoms with Crippen LogP contribution in [-0.2, 0) is 0 Å². The van der Waals surface area contributed by atoms with E-state index in [1.165, 1.54) is 0 Å². The molecule has 7 nitrogen and oxygen atoms in total. The van der Waals surface area contributed by atoms with Crippen molar-refractivity contribution in [3.8, 4) is 22.7 Å². The summed E-state index contributed by atoms with van der Waals surface area (Å²) < 4.78 is 6.99. The molecular formula is C18H18N6O. The summed E-state index contributed by atoms with van der Waals surface area (Å²) in [4.78, 5) is 0. The number of guanidine groups is 1. The van der Waals surface area contributed by atoms with Crippen LogP contribution in [0.5, 0.6) is 5.75 Å². The molecule has 25 heavy (non-hydrogen) atoms. The van der Waals surface area contributed by atoms with Crippen LogP contribution in [0.2, 0.25) is 0 Å². The van der Waals surface area contributed by atoms with Crippen molar-refractivity contribution in [3.63, 3.8) is 0 Å². The molecule has 0 radical (unpaired) electrons. The number of benzene rings is 2. The van der Waals surface area contributed by atoms with E-state index in [1.54, 1.807) is 18.0 Å². The Morgan fingerprint density at radius 3 is 2.44 bits per heavy atom. The van der Waals surface area contributed by atoms with Gasteiger partial charge < -0.3 is 16.2 Å². The summed E-state index contributed by atoms with van der Waals surface area (Å²) in [6, 6.07) is 17.5. The molecule has 0 aliphatic carbocycles. The molecule has 0 spiro atoms. The first-order valence-corrected chi connectivity index (χ1v) is 7.59. The van der Waals surface area contributed by atoms with Gasteiger partial charge in [-0.1, -0.05) is 18.2 Å². The third-order valence-electron chi connectivity index (χ3n) is 3.50. The smallest absolute Gasteiger partial charge is 0.211 e. The van der Waals surface area contributed by atoms with Crippen molar-refractivity contribution >= 4 is 12.2 Å². The second kappa shape index (κ2) is 7.31. The summed E-state index contributed by atoms with van der Waals surface area (Å²) in [6.07, 6.45) is 3.45. The summed E-state index contributed by atoms with van der Waals surface area (Å²) in [5.41, 5.74) is 14.1. The highest BCUT2D eigenvalue weighted by atomic mass is 16.5. The van der Waals surface area contributed by atoms with Crippen LogP contribution in [-0.4, -0.2) is 29.1 Å². The molecule has 0 amide bonds. The molecule has 0 aliphatic rings. The Kier molecular flexibility index (Phi) is 4.75. The predicted octanol–water partition coefficient (Wildman–Crippen LogP) is 2.16. The van der Waals surface area contributed by atoms with Gasteiger partial charge in [0.05, 0.1) is 19.0 Å². The van der Waals surface area contributed by atoms with Gasteiger partial charge in [0.25, 0.3) is 0 Å². The predicted molar refractivity (Wildman–Crippen MR) is 99.0 cm³/mol. The maximum Gasteiger partial charge on any atom is 0.211 e. The van der Waals surface area contributed by atoms with Crippen molar-refractivity contribution in [2.45, 2.75) is 0 Å². The quantitative estimate of drug-likeness (QED) is 0.424. The Bertz CT molecular complexity index is 893. The van der Waals surface area contributed by atoms with Crippen LogP contribution in [0, 0.1) is 0 Å². The van der Waals surface area contributed by atoms with Crippen LogP contribution < -0.4 is 16.2 Å². The summed E-state index contributed by atoms with van der Waals surface area (Å²) >= 11 is 0. The van der Waals surface area contributed by atoms with E-state index in [9.17, 15) is 0 Å². The summed E-state index contributed by atoms with van der Waals surface area (Å²) in [6.45, 7) is 0. The second-order valence-corrected chi connectivity index (χ2v) is 5.21. The largest absolute Gasteiger partial charge is 0.497 e. The summed E-state index contributed by atoms with van der Waals surface area (Å²) in [7, 11) is 1.63. The van der Waals surface area contributed by atoms with Crippen LogP contribution in [0.1, 0.15) is 5.56 Å². The number of rotatable bonds is 5. The first-order valence-electron chi connectivity index (χ1n) is 7.59. The van der Waals surface area contributed by atoms with Crippen molar-refractivity contribution in [3.05, 3.63) is 66.4 Å². The number of aromatic nitrogens is 2. The van der Waals surface area contributed by atoms with Crippen LogP contribution >= 0.6 is 0 Å². The Hall–Kier alpha value is -3.61. The summed E-state index contributed by atoms with van der Waals surface area (Å²) in [5, 5.41) is 12.2. The number of hydrogen-bond donors (Lipinski definition) is 2. The van der Waals surface area contributed by atoms with Crippen molar-refractivity contribution in [1.82, 2.24) is 9.78 Å². The lowest BCUT2D eigenvalue weighted by atomic mass is 10.1. The van der Waals surface area contributed by atoms with Gasteiger partial charge in [0, 0.05) is 17.3 Å². The van der Waals surface area contributed by atoms with E-state index in [0.717, 1.165) is 28.3 Å². The van der Waals surface area contributed by atoms with Crippen molar-refractivity contribution in [1.29, 1.82) is 0 Å². The highest BCUT2D eigenvalue weighted by molar-refractivity contribution is 5.89. The van der Waals surface area contributed by atoms with Gasteiger partial charge in [-0.05, 0) is 36.4 Å². The average Bonchev–Trinajstić information content (AvgIpc) is 3.06. The van der Waals surface area contributed by atoms with E-state index < -0.39 is 0 Å². The monoisotopic (exact) mass is 334 g/mol. The summed E-state index contributed by atoms with van der Waals surface area (Å²) in [5.74, 6) is 0.680. The molecule has 0 bridgehead atoms. The van der Waals surface area contributed by atoms with Crippen molar-refractivity contribution in [2.75, 3.05) is 7.11 Å². The Morgan fingerprint density at radius 2 is 1.80 bits per heavy atom. The standard InChI is InChI=1S/C18H18N6O/c1-25-16-9-7-13(8-10-16)17-14(11-21-22-18(19)20)12-24(23-17)15-5-3-2-4-6-15/h2-12H,1H3,(H4,19,20,22). The van der Waals surface area contributed by atoms with Gasteiger partial charge >= 0.3 is 0 Å². The Balaban J connectivity index is 2.05. The normalized spacial score (nSPS) is 10.8. The molecule has 4 N–H and O–H groups in total. The average molecular weight is 334 g/mol. The first-order chi connectivity index (χ1) is 12.2. The van der Waals surface area contributed by atoms with Gasteiger partial charge in [0.2, 0.25) is 5.96 Å². The molecule has 0 unspecified atom stereocenters. The van der Waals surface area contributed by atoms with Gasteiger partial charge in [0.1, 0.15) is 11.4 Å². The van der Waals surface area contributed by atoms with Gasteiger partial charge in [-0.2, -0.15) is 10.2 Å². The molecule has 1 heterocycles. The minimum absolute atomic E-state index is 0.0994. The highest BCUT2D eigenvalue weighted by Gasteiger charge is 2.11. The SMILES string of the molecule is COc1ccc(-c2nn(-c3ccccc3)cc2C=NN=C(N)N)cc1. The molecule has 0 atom stereocenters. The number of hydrogen-bond acceptors (Lipinski definition) is 4. The van der Waals surface area contributed by atoms with Gasteiger partial charge in [-0.3, -0.25) is 0 Å². The van der Waals surface area contributed by atoms with E-state index in [0.29, 0.717) is 0 Å². The second-order valence-electron chi connectivity index (χ2n) is 5.21. The molecule has 0 aliphatic heterocycles. The Morgan fingerprint density at radius 1 is 1.08 bits per heavy atom. The number of nitrogens with two attached hydrogens (primary N) is 2. The zero-order chi connectivity index (χ0) is 17.6. The lowest BCUT2D eigenvalue weighted by molar-refractivity contribution is 0.415. The first kappa shape index (κ1) is 16.3. The van der Waals surface area contributed by atoms with E-state index in [2.05, 4.69) is 15.3 Å². The topological polar surface area (TPSA) is 104 Å². The molecular weight excluding hydrogens is 316 g/mol. The molecule has 0 saturated heterocycles. The van der Waals surface area contributed by atoms with Gasteiger partial charge in [-0.25, -0.2) is 4.68 Å². The third-order valence-corrected chi connectivity index (χ3v) is 3.50. The lowest BCUT2D eigenvalue weighted by Crippen LogP contribution is -2.21. The molecule has 7 heteroatoms. The van der Waals surface area contributed by atoms with E-state index in [4.69, 9.17) is 16.2 Å². The fourth-order valence-electron chi connectivity index (χ4n) is 2.33. The number of para-hydroxylation sites is 1. The number of methoxy groups -OCH3 is 1. The molecule has 1 aromatic heterocycles. The van der Waals surface area contributed by atoms with Gasteiger partial charge in [-0.15, -0.1) is 5.10 Å². The van der Waals surface area contributed by atoms with Crippen molar-refractivity contribution in [2.24, 2.45) is 21.7 Å². The minimum atomic E-state index is -0.0994. The molecule has 2 aromatic carbocycles. The zero-order valence-corrected chi connectivity index (χ0v) is 13.7. The fourth-order valence-corrected chi connectivity index (χ4v) is 2.33. The van der Waals surface area contributed by atoms with Crippen LogP contribution in [0.15, 0.2) is 71.0 Å². The molecule has 3 aromatic rings. The minimum Gasteiger partial charge on any atom is -0.497 e. The zero-order valence-electron chi connectivity index (χ0n) is 13.7. The lowest BCUT2D eigenvalue weighted by Gasteiger charge is -2.02. The fraction of sp³-hybridized carbons (Fsp3) is 0.0556. The number of nitrogens with zero attached hydrogens (tertiary/aromatic N) is 4. The van der Waals surface area contributed by atoms with Crippen molar-refractivity contribution < 1.29 is 4.74 Å².